The Bertz CT molecular complexity index is 441. The first kappa shape index (κ1) is 8.94. The Hall–Kier alpha value is -1.33. The van der Waals surface area contributed by atoms with E-state index >= 15 is 0 Å². The molecule has 0 aromatic carbocycles. The highest BCUT2D eigenvalue weighted by molar-refractivity contribution is 5.18. The van der Waals surface area contributed by atoms with Gasteiger partial charge in [0.1, 0.15) is 6.10 Å². The smallest absolute Gasteiger partial charge is 0.200 e. The highest BCUT2D eigenvalue weighted by Gasteiger charge is 2.42. The molecule has 5 heteroatoms. The van der Waals surface area contributed by atoms with Crippen molar-refractivity contribution in [3.8, 4) is 5.88 Å². The Balaban J connectivity index is 1.96. The first-order valence-electron chi connectivity index (χ1n) is 4.93. The zero-order chi connectivity index (χ0) is 10.4. The van der Waals surface area contributed by atoms with Gasteiger partial charge in [-0.15, -0.1) is 0 Å². The van der Waals surface area contributed by atoms with Crippen molar-refractivity contribution in [2.24, 2.45) is 0 Å². The number of rotatable bonds is 1. The molecule has 15 heavy (non-hydrogen) atoms. The summed E-state index contributed by atoms with van der Waals surface area (Å²) in [5, 5.41) is 8.97. The summed E-state index contributed by atoms with van der Waals surface area (Å²) in [6, 6.07) is 2.93. The maximum Gasteiger partial charge on any atom is 0.200 e. The molecule has 0 amide bonds. The number of nitrogens with zero attached hydrogens (tertiary/aromatic N) is 1. The van der Waals surface area contributed by atoms with E-state index in [1.807, 2.05) is 0 Å². The van der Waals surface area contributed by atoms with Crippen molar-refractivity contribution >= 4 is 0 Å². The van der Waals surface area contributed by atoms with Gasteiger partial charge in [-0.3, -0.25) is 9.36 Å². The Kier molecular flexibility index (Phi) is 1.83. The molecular weight excluding hydrogens is 198 g/mol. The summed E-state index contributed by atoms with van der Waals surface area (Å²) < 4.78 is 13.0. The lowest BCUT2D eigenvalue weighted by Crippen LogP contribution is -2.14. The average molecular weight is 209 g/mol. The van der Waals surface area contributed by atoms with Crippen LogP contribution in [0.15, 0.2) is 23.1 Å². The molecule has 2 aliphatic rings. The van der Waals surface area contributed by atoms with Gasteiger partial charge in [-0.25, -0.2) is 0 Å². The highest BCUT2D eigenvalue weighted by atomic mass is 16.6. The van der Waals surface area contributed by atoms with Gasteiger partial charge in [0.15, 0.2) is 17.5 Å². The van der Waals surface area contributed by atoms with E-state index in [0.29, 0.717) is 12.3 Å². The third kappa shape index (κ3) is 1.27. The minimum atomic E-state index is -0.197. The van der Waals surface area contributed by atoms with Crippen molar-refractivity contribution in [3.05, 3.63) is 28.6 Å². The molecule has 2 aliphatic heterocycles. The largest absolute Gasteiger partial charge is 0.470 e. The van der Waals surface area contributed by atoms with Crippen LogP contribution in [0.25, 0.3) is 0 Å². The van der Waals surface area contributed by atoms with Gasteiger partial charge in [0, 0.05) is 24.8 Å². The monoisotopic (exact) mass is 209 g/mol. The number of fused-ring (bicyclic) bond motifs is 3. The summed E-state index contributed by atoms with van der Waals surface area (Å²) in [6.07, 6.45) is 1.90. The first-order chi connectivity index (χ1) is 7.28. The summed E-state index contributed by atoms with van der Waals surface area (Å²) >= 11 is 0. The van der Waals surface area contributed by atoms with Crippen molar-refractivity contribution < 1.29 is 14.6 Å². The number of hydrogen-bond acceptors (Lipinski definition) is 4. The molecule has 1 aromatic heterocycles. The van der Waals surface area contributed by atoms with Gasteiger partial charge in [-0.1, -0.05) is 0 Å². The fourth-order valence-corrected chi connectivity index (χ4v) is 2.12. The van der Waals surface area contributed by atoms with E-state index in [9.17, 15) is 4.79 Å². The summed E-state index contributed by atoms with van der Waals surface area (Å²) in [6.45, 7) is 0.00585. The van der Waals surface area contributed by atoms with Gasteiger partial charge in [-0.2, -0.15) is 0 Å². The number of aliphatic hydroxyl groups is 1. The van der Waals surface area contributed by atoms with Crippen LogP contribution in [0.5, 0.6) is 5.88 Å². The number of aliphatic hydroxyl groups excluding tert-OH is 1. The van der Waals surface area contributed by atoms with Gasteiger partial charge in [0.2, 0.25) is 0 Å². The summed E-state index contributed by atoms with van der Waals surface area (Å²) in [7, 11) is 0. The molecule has 3 rings (SSSR count). The molecule has 0 saturated carbocycles. The maximum absolute atomic E-state index is 11.1. The molecule has 3 heterocycles. The first-order valence-corrected chi connectivity index (χ1v) is 4.93. The molecule has 1 saturated heterocycles. The molecule has 80 valence electrons. The molecular formula is C10H11NO4. The van der Waals surface area contributed by atoms with E-state index in [2.05, 4.69) is 0 Å². The van der Waals surface area contributed by atoms with Gasteiger partial charge in [0.05, 0.1) is 12.7 Å². The van der Waals surface area contributed by atoms with Crippen molar-refractivity contribution in [1.82, 2.24) is 4.57 Å². The summed E-state index contributed by atoms with van der Waals surface area (Å²) in [4.78, 5) is 11.1. The van der Waals surface area contributed by atoms with Gasteiger partial charge in [-0.05, 0) is 0 Å². The Morgan fingerprint density at radius 3 is 3.27 bits per heavy atom. The van der Waals surface area contributed by atoms with Crippen molar-refractivity contribution in [3.63, 3.8) is 0 Å². The van der Waals surface area contributed by atoms with Crippen molar-refractivity contribution in [2.75, 3.05) is 6.61 Å². The predicted molar refractivity (Wildman–Crippen MR) is 50.7 cm³/mol. The second kappa shape index (κ2) is 3.08. The molecule has 1 fully saturated rings. The predicted octanol–water partition coefficient (Wildman–Crippen LogP) is -0.111. The van der Waals surface area contributed by atoms with Crippen LogP contribution in [0.2, 0.25) is 0 Å². The van der Waals surface area contributed by atoms with Crippen molar-refractivity contribution in [2.45, 2.75) is 24.9 Å². The lowest BCUT2D eigenvalue weighted by atomic mass is 10.2. The van der Waals surface area contributed by atoms with Crippen LogP contribution in [0, 0.1) is 0 Å². The zero-order valence-electron chi connectivity index (χ0n) is 8.00. The van der Waals surface area contributed by atoms with Crippen LogP contribution < -0.4 is 10.2 Å². The van der Waals surface area contributed by atoms with Crippen LogP contribution in [0.3, 0.4) is 0 Å². The normalized spacial score (nSPS) is 32.2. The summed E-state index contributed by atoms with van der Waals surface area (Å²) in [5.74, 6) is 0.550. The molecule has 5 nitrogen and oxygen atoms in total. The molecule has 0 spiro atoms. The quantitative estimate of drug-likeness (QED) is 0.701. The SMILES string of the molecule is O=c1ccn2c(c1)OC1CC(CO)OC12. The lowest BCUT2D eigenvalue weighted by molar-refractivity contribution is -0.0256. The second-order valence-corrected chi connectivity index (χ2v) is 3.83. The van der Waals surface area contributed by atoms with Crippen LogP contribution in [0.1, 0.15) is 12.6 Å². The van der Waals surface area contributed by atoms with E-state index in [1.165, 1.54) is 12.1 Å². The van der Waals surface area contributed by atoms with Crippen LogP contribution in [-0.2, 0) is 4.74 Å². The third-order valence-electron chi connectivity index (χ3n) is 2.81. The topological polar surface area (TPSA) is 60.7 Å². The lowest BCUT2D eigenvalue weighted by Gasteiger charge is -2.11. The van der Waals surface area contributed by atoms with E-state index in [4.69, 9.17) is 14.6 Å². The highest BCUT2D eigenvalue weighted by Crippen LogP contribution is 2.39. The van der Waals surface area contributed by atoms with E-state index in [0.717, 1.165) is 0 Å². The maximum atomic E-state index is 11.1. The number of ether oxygens (including phenoxy) is 2. The zero-order valence-corrected chi connectivity index (χ0v) is 8.00. The fraction of sp³-hybridized carbons (Fsp3) is 0.500. The van der Waals surface area contributed by atoms with E-state index in [1.54, 1.807) is 10.8 Å². The van der Waals surface area contributed by atoms with E-state index in [-0.39, 0.29) is 30.5 Å². The Morgan fingerprint density at radius 2 is 2.47 bits per heavy atom. The Labute approximate surface area is 85.9 Å². The molecule has 3 unspecified atom stereocenters. The van der Waals surface area contributed by atoms with Gasteiger partial charge in [0.25, 0.3) is 0 Å². The minimum Gasteiger partial charge on any atom is -0.470 e. The molecule has 0 aliphatic carbocycles. The summed E-state index contributed by atoms with van der Waals surface area (Å²) in [5.41, 5.74) is -0.0695. The molecule has 0 bridgehead atoms. The van der Waals surface area contributed by atoms with Crippen LogP contribution in [0.4, 0.5) is 0 Å². The number of hydrogen-bond donors (Lipinski definition) is 1. The van der Waals surface area contributed by atoms with Gasteiger partial charge < -0.3 is 14.6 Å². The van der Waals surface area contributed by atoms with Crippen LogP contribution in [-0.4, -0.2) is 28.5 Å². The molecule has 0 radical (unpaired) electrons. The second-order valence-electron chi connectivity index (χ2n) is 3.83. The molecule has 1 N–H and O–H groups in total. The van der Waals surface area contributed by atoms with Crippen LogP contribution >= 0.6 is 0 Å². The van der Waals surface area contributed by atoms with E-state index < -0.39 is 0 Å². The van der Waals surface area contributed by atoms with Crippen molar-refractivity contribution in [1.29, 1.82) is 0 Å². The average Bonchev–Trinajstić information content (AvgIpc) is 2.73. The molecule has 3 atom stereocenters. The van der Waals surface area contributed by atoms with Gasteiger partial charge >= 0.3 is 0 Å². The number of pyridine rings is 1. The fourth-order valence-electron chi connectivity index (χ4n) is 2.12. The number of aromatic nitrogens is 1. The minimum absolute atomic E-state index is 0.00585. The molecule has 1 aromatic rings. The Morgan fingerprint density at radius 1 is 1.60 bits per heavy atom. The third-order valence-corrected chi connectivity index (χ3v) is 2.81. The standard InChI is InChI=1S/C10H11NO4/c12-5-7-4-8-10(14-7)11-2-1-6(13)3-9(11)15-8/h1-3,7-8,10,12H,4-5H2.